The van der Waals surface area contributed by atoms with Crippen LogP contribution in [0.15, 0.2) is 18.2 Å². The summed E-state index contributed by atoms with van der Waals surface area (Å²) in [5.41, 5.74) is 5.92. The zero-order valence-electron chi connectivity index (χ0n) is 27.3. The van der Waals surface area contributed by atoms with Gasteiger partial charge in [-0.15, -0.1) is 0 Å². The van der Waals surface area contributed by atoms with Crippen LogP contribution >= 0.6 is 0 Å². The Morgan fingerprint density at radius 2 is 1.63 bits per heavy atom. The number of carbonyl (C=O) groups is 5. The Labute approximate surface area is 268 Å². The van der Waals surface area contributed by atoms with Crippen molar-refractivity contribution in [1.29, 1.82) is 0 Å². The summed E-state index contributed by atoms with van der Waals surface area (Å²) < 4.78 is 22.3. The Balaban J connectivity index is 1.82. The highest BCUT2D eigenvalue weighted by atomic mass is 16.6. The summed E-state index contributed by atoms with van der Waals surface area (Å²) in [6.07, 6.45) is 0.491. The standard InChI is InChI=1S/C33H44N4O9/c1-6-43-31(41)33(13-8-14-33)46-28-22-10-9-21(5)19-24(22)35-27(26(28)29(34)39)23(11-12-25(38)45-20(3)4)30(40)36-15-17-37(18-16-36)32(42)44-7-2/h9-10,19-20,23H,6-8,11-18H2,1-5H3,(H2,34,39). The number of aromatic nitrogens is 1. The molecule has 2 aromatic rings. The quantitative estimate of drug-likeness (QED) is 0.267. The van der Waals surface area contributed by atoms with Crippen LogP contribution in [0.1, 0.15) is 87.3 Å². The Kier molecular flexibility index (Phi) is 11.1. The van der Waals surface area contributed by atoms with Crippen LogP contribution in [0, 0.1) is 6.92 Å². The Bertz CT molecular complexity index is 1480. The maximum atomic E-state index is 14.3. The van der Waals surface area contributed by atoms with Gasteiger partial charge in [-0.2, -0.15) is 0 Å². The van der Waals surface area contributed by atoms with Crippen molar-refractivity contribution in [3.63, 3.8) is 0 Å². The fourth-order valence-corrected chi connectivity index (χ4v) is 5.77. The molecule has 46 heavy (non-hydrogen) atoms. The molecule has 0 bridgehead atoms. The third kappa shape index (κ3) is 7.51. The highest BCUT2D eigenvalue weighted by Gasteiger charge is 2.49. The molecule has 2 aliphatic rings. The Hall–Kier alpha value is -4.42. The molecule has 1 aromatic carbocycles. The van der Waals surface area contributed by atoms with E-state index in [9.17, 15) is 24.0 Å². The number of primary amides is 1. The van der Waals surface area contributed by atoms with Crippen LogP contribution in [0.2, 0.25) is 0 Å². The number of hydrogen-bond donors (Lipinski definition) is 1. The second-order valence-electron chi connectivity index (χ2n) is 11.9. The van der Waals surface area contributed by atoms with Crippen molar-refractivity contribution in [2.45, 2.75) is 84.3 Å². The smallest absolute Gasteiger partial charge is 0.409 e. The molecule has 1 saturated heterocycles. The van der Waals surface area contributed by atoms with Crippen molar-refractivity contribution >= 4 is 40.7 Å². The maximum absolute atomic E-state index is 14.3. The van der Waals surface area contributed by atoms with Gasteiger partial charge in [0.2, 0.25) is 11.5 Å². The van der Waals surface area contributed by atoms with E-state index in [2.05, 4.69) is 0 Å². The van der Waals surface area contributed by atoms with Crippen LogP contribution < -0.4 is 10.5 Å². The highest BCUT2D eigenvalue weighted by Crippen LogP contribution is 2.43. The summed E-state index contributed by atoms with van der Waals surface area (Å²) >= 11 is 0. The highest BCUT2D eigenvalue weighted by molar-refractivity contribution is 6.05. The van der Waals surface area contributed by atoms with Crippen LogP contribution in [-0.2, 0) is 28.6 Å². The summed E-state index contributed by atoms with van der Waals surface area (Å²) in [7, 11) is 0. The van der Waals surface area contributed by atoms with Crippen LogP contribution in [0.3, 0.4) is 0 Å². The summed E-state index contributed by atoms with van der Waals surface area (Å²) in [5.74, 6) is -3.38. The van der Waals surface area contributed by atoms with Gasteiger partial charge in [0.15, 0.2) is 0 Å². The minimum atomic E-state index is -1.32. The molecule has 250 valence electrons. The number of nitrogens with two attached hydrogens (primary N) is 1. The number of piperazine rings is 1. The van der Waals surface area contributed by atoms with Gasteiger partial charge in [-0.3, -0.25) is 19.4 Å². The summed E-state index contributed by atoms with van der Waals surface area (Å²) in [5, 5.41) is 0.451. The number of amides is 3. The lowest BCUT2D eigenvalue weighted by Crippen LogP contribution is -2.52. The predicted octanol–water partition coefficient (Wildman–Crippen LogP) is 3.62. The second-order valence-corrected chi connectivity index (χ2v) is 11.9. The minimum absolute atomic E-state index is 0.0322. The number of benzene rings is 1. The number of hydrogen-bond acceptors (Lipinski definition) is 10. The molecular weight excluding hydrogens is 596 g/mol. The van der Waals surface area contributed by atoms with E-state index in [1.165, 1.54) is 4.90 Å². The molecule has 13 heteroatoms. The van der Waals surface area contributed by atoms with Crippen molar-refractivity contribution in [1.82, 2.24) is 14.8 Å². The van der Waals surface area contributed by atoms with E-state index < -0.39 is 41.4 Å². The molecule has 4 rings (SSSR count). The van der Waals surface area contributed by atoms with Gasteiger partial charge in [-0.25, -0.2) is 9.59 Å². The zero-order chi connectivity index (χ0) is 33.6. The fraction of sp³-hybridized carbons (Fsp3) is 0.576. The lowest BCUT2D eigenvalue weighted by atomic mass is 9.79. The Morgan fingerprint density at radius 3 is 2.20 bits per heavy atom. The fourth-order valence-electron chi connectivity index (χ4n) is 5.77. The van der Waals surface area contributed by atoms with Gasteiger partial charge in [0.25, 0.3) is 5.91 Å². The number of fused-ring (bicyclic) bond motifs is 1. The summed E-state index contributed by atoms with van der Waals surface area (Å²) in [4.78, 5) is 73.6. The van der Waals surface area contributed by atoms with Gasteiger partial charge in [0, 0.05) is 38.0 Å². The van der Waals surface area contributed by atoms with E-state index >= 15 is 0 Å². The first-order chi connectivity index (χ1) is 21.9. The van der Waals surface area contributed by atoms with Crippen molar-refractivity contribution in [3.05, 3.63) is 35.0 Å². The van der Waals surface area contributed by atoms with Crippen LogP contribution in [0.25, 0.3) is 10.9 Å². The predicted molar refractivity (Wildman–Crippen MR) is 167 cm³/mol. The van der Waals surface area contributed by atoms with E-state index in [0.717, 1.165) is 12.0 Å². The molecule has 2 N–H and O–H groups in total. The number of carbonyl (C=O) groups excluding carboxylic acids is 5. The number of nitrogens with zero attached hydrogens (tertiary/aromatic N) is 3. The van der Waals surface area contributed by atoms with E-state index in [1.54, 1.807) is 44.7 Å². The third-order valence-corrected chi connectivity index (χ3v) is 8.22. The Morgan fingerprint density at radius 1 is 0.978 bits per heavy atom. The van der Waals surface area contributed by atoms with E-state index in [0.29, 0.717) is 23.7 Å². The number of pyridine rings is 1. The molecule has 13 nitrogen and oxygen atoms in total. The number of esters is 2. The van der Waals surface area contributed by atoms with Crippen molar-refractivity contribution in [2.75, 3.05) is 39.4 Å². The first kappa shape index (κ1) is 34.5. The topological polar surface area (TPSA) is 168 Å². The molecule has 1 unspecified atom stereocenters. The van der Waals surface area contributed by atoms with E-state index in [4.69, 9.17) is 29.7 Å². The summed E-state index contributed by atoms with van der Waals surface area (Å²) in [6, 6.07) is 5.36. The normalized spacial score (nSPS) is 16.4. The van der Waals surface area contributed by atoms with Crippen LogP contribution in [-0.4, -0.2) is 95.7 Å². The van der Waals surface area contributed by atoms with Gasteiger partial charge in [-0.1, -0.05) is 6.07 Å². The number of ether oxygens (including phenoxy) is 4. The lowest BCUT2D eigenvalue weighted by Gasteiger charge is -2.40. The monoisotopic (exact) mass is 640 g/mol. The minimum Gasteiger partial charge on any atom is -0.474 e. The first-order valence-corrected chi connectivity index (χ1v) is 15.9. The third-order valence-electron chi connectivity index (χ3n) is 8.22. The van der Waals surface area contributed by atoms with Gasteiger partial charge in [0.05, 0.1) is 36.4 Å². The molecule has 1 aromatic heterocycles. The molecule has 0 spiro atoms. The molecule has 3 amide bonds. The van der Waals surface area contributed by atoms with Gasteiger partial charge in [0.1, 0.15) is 11.3 Å². The van der Waals surface area contributed by atoms with Gasteiger partial charge < -0.3 is 34.5 Å². The molecule has 0 radical (unpaired) electrons. The van der Waals surface area contributed by atoms with Crippen molar-refractivity contribution in [2.24, 2.45) is 5.73 Å². The molecule has 2 fully saturated rings. The molecule has 1 aliphatic heterocycles. The molecular formula is C33H44N4O9. The van der Waals surface area contributed by atoms with E-state index in [-0.39, 0.29) is 75.3 Å². The first-order valence-electron chi connectivity index (χ1n) is 15.9. The SMILES string of the molecule is CCOC(=O)N1CCN(C(=O)C(CCC(=O)OC(C)C)c2nc3cc(C)ccc3c(OC3(C(=O)OCC)CCC3)c2C(N)=O)CC1. The van der Waals surface area contributed by atoms with E-state index in [1.807, 2.05) is 13.0 Å². The zero-order valence-corrected chi connectivity index (χ0v) is 27.3. The molecule has 1 atom stereocenters. The number of aryl methyl sites for hydroxylation is 1. The van der Waals surface area contributed by atoms with Gasteiger partial charge in [-0.05, 0) is 78.0 Å². The molecule has 2 heterocycles. The van der Waals surface area contributed by atoms with Crippen LogP contribution in [0.5, 0.6) is 5.75 Å². The number of rotatable bonds is 12. The second kappa shape index (κ2) is 14.8. The van der Waals surface area contributed by atoms with Crippen LogP contribution in [0.4, 0.5) is 4.79 Å². The molecule has 1 saturated carbocycles. The maximum Gasteiger partial charge on any atom is 0.409 e. The van der Waals surface area contributed by atoms with Crippen molar-refractivity contribution in [3.8, 4) is 5.75 Å². The lowest BCUT2D eigenvalue weighted by molar-refractivity contribution is -0.169. The van der Waals surface area contributed by atoms with Crippen molar-refractivity contribution < 1.29 is 42.9 Å². The average Bonchev–Trinajstić information content (AvgIpc) is 2.98. The summed E-state index contributed by atoms with van der Waals surface area (Å²) in [6.45, 7) is 10.1. The van der Waals surface area contributed by atoms with Gasteiger partial charge >= 0.3 is 18.0 Å². The average molecular weight is 641 g/mol. The largest absolute Gasteiger partial charge is 0.474 e. The molecule has 1 aliphatic carbocycles.